The minimum absolute atomic E-state index is 0.180. The fraction of sp³-hybridized carbons (Fsp3) is 0.222. The van der Waals surface area contributed by atoms with Crippen LogP contribution in [-0.2, 0) is 12.8 Å². The van der Waals surface area contributed by atoms with Crippen LogP contribution < -0.4 is 0 Å². The highest BCUT2D eigenvalue weighted by Crippen LogP contribution is 2.29. The lowest BCUT2D eigenvalue weighted by Crippen LogP contribution is -2.12. The third kappa shape index (κ3) is 2.57. The molecule has 0 spiro atoms. The van der Waals surface area contributed by atoms with Crippen LogP contribution >= 0.6 is 11.6 Å². The average molecular weight is 296 g/mol. The second-order valence-electron chi connectivity index (χ2n) is 5.28. The van der Waals surface area contributed by atoms with Crippen molar-refractivity contribution in [3.8, 4) is 6.07 Å². The zero-order valence-corrected chi connectivity index (χ0v) is 12.2. The van der Waals surface area contributed by atoms with Gasteiger partial charge in [0.05, 0.1) is 6.07 Å². The van der Waals surface area contributed by atoms with E-state index < -0.39 is 5.92 Å². The van der Waals surface area contributed by atoms with Gasteiger partial charge < -0.3 is 0 Å². The maximum absolute atomic E-state index is 12.6. The third-order valence-electron chi connectivity index (χ3n) is 3.99. The number of ketones is 1. The molecule has 1 atom stereocenters. The Bertz CT molecular complexity index is 745. The van der Waals surface area contributed by atoms with Crippen LogP contribution in [0.1, 0.15) is 39.4 Å². The van der Waals surface area contributed by atoms with Gasteiger partial charge in [0, 0.05) is 10.6 Å². The summed E-state index contributed by atoms with van der Waals surface area (Å²) in [6.45, 7) is 0. The summed E-state index contributed by atoms with van der Waals surface area (Å²) in [5.41, 5.74) is 3.73. The van der Waals surface area contributed by atoms with Gasteiger partial charge in [0.15, 0.2) is 5.78 Å². The molecule has 3 heteroatoms. The first kappa shape index (κ1) is 13.9. The van der Waals surface area contributed by atoms with E-state index in [4.69, 9.17) is 11.6 Å². The van der Waals surface area contributed by atoms with E-state index in [0.29, 0.717) is 16.1 Å². The van der Waals surface area contributed by atoms with Gasteiger partial charge in [0.25, 0.3) is 0 Å². The van der Waals surface area contributed by atoms with Crippen LogP contribution in [0.15, 0.2) is 42.5 Å². The van der Waals surface area contributed by atoms with Gasteiger partial charge in [0.1, 0.15) is 5.92 Å². The highest BCUT2D eigenvalue weighted by atomic mass is 35.5. The number of halogens is 1. The molecule has 0 saturated carbocycles. The molecule has 0 N–H and O–H groups in total. The van der Waals surface area contributed by atoms with Crippen molar-refractivity contribution in [1.29, 1.82) is 5.26 Å². The lowest BCUT2D eigenvalue weighted by atomic mass is 9.90. The van der Waals surface area contributed by atoms with E-state index in [1.54, 1.807) is 24.3 Å². The number of benzene rings is 2. The number of aryl methyl sites for hydroxylation is 2. The van der Waals surface area contributed by atoms with Gasteiger partial charge >= 0.3 is 0 Å². The second-order valence-corrected chi connectivity index (χ2v) is 5.69. The SMILES string of the molecule is N#CC(C(=O)c1ccc2c(c1)CCC2)c1ccccc1Cl. The summed E-state index contributed by atoms with van der Waals surface area (Å²) in [4.78, 5) is 12.6. The first-order valence-corrected chi connectivity index (χ1v) is 7.38. The minimum Gasteiger partial charge on any atom is -0.292 e. The molecule has 104 valence electrons. The number of hydrogen-bond acceptors (Lipinski definition) is 2. The standard InChI is InChI=1S/C18H14ClNO/c19-17-7-2-1-6-15(17)16(11-20)18(21)14-9-8-12-4-3-5-13(12)10-14/h1-2,6-10,16H,3-5H2. The molecule has 0 heterocycles. The van der Waals surface area contributed by atoms with Crippen molar-refractivity contribution in [2.45, 2.75) is 25.2 Å². The normalized spacial score (nSPS) is 14.3. The molecule has 2 aromatic carbocycles. The van der Waals surface area contributed by atoms with Crippen molar-refractivity contribution in [2.75, 3.05) is 0 Å². The summed E-state index contributed by atoms with van der Waals surface area (Å²) in [7, 11) is 0. The van der Waals surface area contributed by atoms with E-state index >= 15 is 0 Å². The highest BCUT2D eigenvalue weighted by molar-refractivity contribution is 6.31. The van der Waals surface area contributed by atoms with Crippen LogP contribution in [0, 0.1) is 11.3 Å². The predicted octanol–water partition coefficient (Wildman–Crippen LogP) is 4.32. The molecule has 0 aromatic heterocycles. The van der Waals surface area contributed by atoms with E-state index in [2.05, 4.69) is 6.07 Å². The molecular formula is C18H14ClNO. The summed E-state index contributed by atoms with van der Waals surface area (Å²) in [6, 6.07) is 14.9. The van der Waals surface area contributed by atoms with E-state index in [0.717, 1.165) is 19.3 Å². The van der Waals surface area contributed by atoms with Gasteiger partial charge in [-0.25, -0.2) is 0 Å². The molecule has 0 fully saturated rings. The molecule has 2 aromatic rings. The molecule has 0 radical (unpaired) electrons. The number of rotatable bonds is 3. The first-order chi connectivity index (χ1) is 10.2. The number of Topliss-reactive ketones (excluding diaryl/α,β-unsaturated/α-hetero) is 1. The topological polar surface area (TPSA) is 40.9 Å². The Hall–Kier alpha value is -2.11. The van der Waals surface area contributed by atoms with E-state index in [1.807, 2.05) is 18.2 Å². The Labute approximate surface area is 129 Å². The largest absolute Gasteiger partial charge is 0.292 e. The van der Waals surface area contributed by atoms with Crippen LogP contribution in [0.3, 0.4) is 0 Å². The van der Waals surface area contributed by atoms with Gasteiger partial charge in [-0.15, -0.1) is 0 Å². The zero-order chi connectivity index (χ0) is 14.8. The van der Waals surface area contributed by atoms with Gasteiger partial charge in [-0.1, -0.05) is 41.9 Å². The number of carbonyl (C=O) groups is 1. The van der Waals surface area contributed by atoms with E-state index in [1.165, 1.54) is 11.1 Å². The monoisotopic (exact) mass is 295 g/mol. The molecule has 0 amide bonds. The predicted molar refractivity (Wildman–Crippen MR) is 82.6 cm³/mol. The molecule has 0 saturated heterocycles. The van der Waals surface area contributed by atoms with Gasteiger partial charge in [0.2, 0.25) is 0 Å². The summed E-state index contributed by atoms with van der Waals surface area (Å²) in [5.74, 6) is -1.03. The molecule has 0 bridgehead atoms. The van der Waals surface area contributed by atoms with Crippen molar-refractivity contribution in [2.24, 2.45) is 0 Å². The molecule has 21 heavy (non-hydrogen) atoms. The van der Waals surface area contributed by atoms with Gasteiger partial charge in [-0.05, 0) is 48.1 Å². The summed E-state index contributed by atoms with van der Waals surface area (Å²) < 4.78 is 0. The van der Waals surface area contributed by atoms with Gasteiger partial charge in [-0.2, -0.15) is 5.26 Å². The van der Waals surface area contributed by atoms with Crippen molar-refractivity contribution < 1.29 is 4.79 Å². The molecule has 1 unspecified atom stereocenters. The Morgan fingerprint density at radius 3 is 2.67 bits per heavy atom. The first-order valence-electron chi connectivity index (χ1n) is 7.01. The van der Waals surface area contributed by atoms with Crippen LogP contribution in [-0.4, -0.2) is 5.78 Å². The average Bonchev–Trinajstić information content (AvgIpc) is 2.97. The zero-order valence-electron chi connectivity index (χ0n) is 11.5. The molecule has 1 aliphatic rings. The quantitative estimate of drug-likeness (QED) is 0.791. The Morgan fingerprint density at radius 1 is 1.14 bits per heavy atom. The molecular weight excluding hydrogens is 282 g/mol. The Kier molecular flexibility index (Phi) is 3.77. The molecule has 2 nitrogen and oxygen atoms in total. The summed E-state index contributed by atoms with van der Waals surface area (Å²) >= 11 is 6.12. The lowest BCUT2D eigenvalue weighted by molar-refractivity contribution is 0.0979. The smallest absolute Gasteiger partial charge is 0.184 e. The van der Waals surface area contributed by atoms with Crippen LogP contribution in [0.5, 0.6) is 0 Å². The number of hydrogen-bond donors (Lipinski definition) is 0. The number of nitriles is 1. The minimum atomic E-state index is -0.849. The third-order valence-corrected chi connectivity index (χ3v) is 4.33. The second kappa shape index (κ2) is 5.71. The maximum atomic E-state index is 12.6. The van der Waals surface area contributed by atoms with Crippen LogP contribution in [0.25, 0.3) is 0 Å². The van der Waals surface area contributed by atoms with E-state index in [9.17, 15) is 10.1 Å². The van der Waals surface area contributed by atoms with Crippen molar-refractivity contribution in [3.05, 3.63) is 69.7 Å². The molecule has 0 aliphatic heterocycles. The lowest BCUT2D eigenvalue weighted by Gasteiger charge is -2.11. The Balaban J connectivity index is 1.97. The number of carbonyl (C=O) groups excluding carboxylic acids is 1. The van der Waals surface area contributed by atoms with Crippen molar-refractivity contribution in [3.63, 3.8) is 0 Å². The summed E-state index contributed by atoms with van der Waals surface area (Å²) in [5, 5.41) is 9.86. The number of fused-ring (bicyclic) bond motifs is 1. The molecule has 3 rings (SSSR count). The van der Waals surface area contributed by atoms with Crippen molar-refractivity contribution in [1.82, 2.24) is 0 Å². The van der Waals surface area contributed by atoms with Crippen molar-refractivity contribution >= 4 is 17.4 Å². The fourth-order valence-corrected chi connectivity index (χ4v) is 3.12. The number of nitrogens with zero attached hydrogens (tertiary/aromatic N) is 1. The highest BCUT2D eigenvalue weighted by Gasteiger charge is 2.24. The van der Waals surface area contributed by atoms with Crippen LogP contribution in [0.2, 0.25) is 5.02 Å². The van der Waals surface area contributed by atoms with E-state index in [-0.39, 0.29) is 5.78 Å². The maximum Gasteiger partial charge on any atom is 0.184 e. The van der Waals surface area contributed by atoms with Crippen LogP contribution in [0.4, 0.5) is 0 Å². The Morgan fingerprint density at radius 2 is 1.90 bits per heavy atom. The molecule has 1 aliphatic carbocycles. The van der Waals surface area contributed by atoms with Gasteiger partial charge in [-0.3, -0.25) is 4.79 Å². The summed E-state index contributed by atoms with van der Waals surface area (Å²) in [6.07, 6.45) is 3.23. The fourth-order valence-electron chi connectivity index (χ4n) is 2.87.